The smallest absolute Gasteiger partial charge is 0.332 e. The second kappa shape index (κ2) is 7.23. The molecule has 8 nitrogen and oxygen atoms in total. The Labute approximate surface area is 164 Å². The number of benzene rings is 1. The van der Waals surface area contributed by atoms with Crippen molar-refractivity contribution in [3.05, 3.63) is 50.2 Å². The number of carboxylic acid groups (broad SMARTS) is 1. The molecule has 0 amide bonds. The number of aliphatic carboxylic acids is 1. The average molecular weight is 399 g/mol. The molecule has 3 rings (SSSR count). The molecule has 0 aliphatic rings. The van der Waals surface area contributed by atoms with Gasteiger partial charge in [0.05, 0.1) is 5.97 Å². The van der Waals surface area contributed by atoms with Crippen molar-refractivity contribution in [2.24, 2.45) is 14.1 Å². The summed E-state index contributed by atoms with van der Waals surface area (Å²) in [7, 11) is 2.87. The van der Waals surface area contributed by atoms with Gasteiger partial charge in [-0.15, -0.1) is 0 Å². The summed E-state index contributed by atoms with van der Waals surface area (Å²) in [6.07, 6.45) is 0. The van der Waals surface area contributed by atoms with E-state index in [1.807, 2.05) is 32.0 Å². The SMILES string of the molecule is Cc1cc(C)cc(-c2nc(S[C@H](C)C(=O)[O-])c3c(=O)n(C)c(=O)n(C)c3n2)c1. The summed E-state index contributed by atoms with van der Waals surface area (Å²) in [4.78, 5) is 45.3. The first-order valence-corrected chi connectivity index (χ1v) is 9.42. The molecule has 0 bridgehead atoms. The number of carbonyl (C=O) groups is 1. The van der Waals surface area contributed by atoms with E-state index in [4.69, 9.17) is 0 Å². The predicted octanol–water partition coefficient (Wildman–Crippen LogP) is 0.542. The molecule has 2 aromatic heterocycles. The van der Waals surface area contributed by atoms with Crippen molar-refractivity contribution >= 4 is 28.8 Å². The van der Waals surface area contributed by atoms with Crippen LogP contribution in [0.2, 0.25) is 0 Å². The van der Waals surface area contributed by atoms with Crippen LogP contribution in [0.1, 0.15) is 18.1 Å². The van der Waals surface area contributed by atoms with Crippen LogP contribution in [-0.4, -0.2) is 30.3 Å². The Morgan fingerprint density at radius 1 is 1.07 bits per heavy atom. The molecule has 0 N–H and O–H groups in total. The lowest BCUT2D eigenvalue weighted by Gasteiger charge is -2.15. The van der Waals surface area contributed by atoms with Crippen LogP contribution in [-0.2, 0) is 18.9 Å². The molecule has 28 heavy (non-hydrogen) atoms. The van der Waals surface area contributed by atoms with Crippen LogP contribution >= 0.6 is 11.8 Å². The van der Waals surface area contributed by atoms with E-state index in [2.05, 4.69) is 9.97 Å². The minimum absolute atomic E-state index is 0.107. The van der Waals surface area contributed by atoms with Crippen molar-refractivity contribution in [1.29, 1.82) is 0 Å². The average Bonchev–Trinajstić information content (AvgIpc) is 2.63. The third-order valence-corrected chi connectivity index (χ3v) is 5.43. The highest BCUT2D eigenvalue weighted by Crippen LogP contribution is 2.29. The van der Waals surface area contributed by atoms with Gasteiger partial charge in [0.2, 0.25) is 0 Å². The molecule has 9 heteroatoms. The zero-order valence-electron chi connectivity index (χ0n) is 16.1. The van der Waals surface area contributed by atoms with Gasteiger partial charge in [-0.1, -0.05) is 29.0 Å². The standard InChI is InChI=1S/C19H20N4O4S/c1-9-6-10(2)8-12(7-9)14-20-15-13(16(21-14)28-11(3)18(25)26)17(24)23(5)19(27)22(15)4/h6-8,11H,1-5H3,(H,25,26)/p-1/t11-/m1/s1. The number of aryl methyl sites for hydroxylation is 3. The van der Waals surface area contributed by atoms with Crippen LogP contribution in [0, 0.1) is 13.8 Å². The lowest BCUT2D eigenvalue weighted by Crippen LogP contribution is -2.38. The largest absolute Gasteiger partial charge is 0.549 e. The van der Waals surface area contributed by atoms with Crippen molar-refractivity contribution in [2.75, 3.05) is 0 Å². The number of rotatable bonds is 4. The Morgan fingerprint density at radius 2 is 1.68 bits per heavy atom. The van der Waals surface area contributed by atoms with E-state index >= 15 is 0 Å². The molecule has 2 heterocycles. The molecular weight excluding hydrogens is 380 g/mol. The van der Waals surface area contributed by atoms with E-state index in [1.54, 1.807) is 0 Å². The monoisotopic (exact) mass is 399 g/mol. The summed E-state index contributed by atoms with van der Waals surface area (Å²) in [5.41, 5.74) is 1.80. The van der Waals surface area contributed by atoms with E-state index < -0.39 is 22.5 Å². The first kappa shape index (κ1) is 19.8. The molecule has 146 valence electrons. The van der Waals surface area contributed by atoms with E-state index in [0.29, 0.717) is 5.82 Å². The first-order valence-electron chi connectivity index (χ1n) is 8.54. The molecule has 3 aromatic rings. The van der Waals surface area contributed by atoms with Gasteiger partial charge in [-0.25, -0.2) is 14.8 Å². The summed E-state index contributed by atoms with van der Waals surface area (Å²) in [6.45, 7) is 5.34. The summed E-state index contributed by atoms with van der Waals surface area (Å²) >= 11 is 0.894. The first-order chi connectivity index (χ1) is 13.1. The maximum atomic E-state index is 12.7. The number of hydrogen-bond donors (Lipinski definition) is 0. The fourth-order valence-corrected chi connectivity index (χ4v) is 3.83. The highest BCUT2D eigenvalue weighted by atomic mass is 32.2. The number of nitrogens with zero attached hydrogens (tertiary/aromatic N) is 4. The van der Waals surface area contributed by atoms with E-state index in [9.17, 15) is 19.5 Å². The summed E-state index contributed by atoms with van der Waals surface area (Å²) in [6, 6.07) is 5.79. The minimum atomic E-state index is -1.27. The van der Waals surface area contributed by atoms with Gasteiger partial charge in [-0.3, -0.25) is 13.9 Å². The Hall–Kier alpha value is -2.94. The molecule has 1 atom stereocenters. The fourth-order valence-electron chi connectivity index (χ4n) is 2.96. The Kier molecular flexibility index (Phi) is 5.12. The van der Waals surface area contributed by atoms with Gasteiger partial charge in [0.15, 0.2) is 11.5 Å². The lowest BCUT2D eigenvalue weighted by molar-refractivity contribution is -0.304. The predicted molar refractivity (Wildman–Crippen MR) is 105 cm³/mol. The van der Waals surface area contributed by atoms with Crippen molar-refractivity contribution in [3.8, 4) is 11.4 Å². The highest BCUT2D eigenvalue weighted by molar-refractivity contribution is 8.00. The number of aromatic nitrogens is 4. The normalized spacial score (nSPS) is 12.3. The van der Waals surface area contributed by atoms with Crippen LogP contribution in [0.4, 0.5) is 0 Å². The Balaban J connectivity index is 2.41. The molecule has 0 fully saturated rings. The second-order valence-electron chi connectivity index (χ2n) is 6.71. The Bertz CT molecular complexity index is 1210. The summed E-state index contributed by atoms with van der Waals surface area (Å²) in [5, 5.41) is 10.6. The number of fused-ring (bicyclic) bond motifs is 1. The topological polar surface area (TPSA) is 110 Å². The van der Waals surface area contributed by atoms with Crippen LogP contribution in [0.25, 0.3) is 22.4 Å². The fraction of sp³-hybridized carbons (Fsp3) is 0.316. The van der Waals surface area contributed by atoms with E-state index in [0.717, 1.165) is 33.0 Å². The third kappa shape index (κ3) is 3.45. The quantitative estimate of drug-likeness (QED) is 0.465. The van der Waals surface area contributed by atoms with E-state index in [-0.39, 0.29) is 16.1 Å². The minimum Gasteiger partial charge on any atom is -0.549 e. The molecule has 1 aromatic carbocycles. The number of carbonyl (C=O) groups excluding carboxylic acids is 1. The zero-order chi connectivity index (χ0) is 20.7. The van der Waals surface area contributed by atoms with Crippen molar-refractivity contribution in [2.45, 2.75) is 31.0 Å². The Morgan fingerprint density at radius 3 is 2.25 bits per heavy atom. The highest BCUT2D eigenvalue weighted by Gasteiger charge is 2.20. The van der Waals surface area contributed by atoms with Gasteiger partial charge in [0.1, 0.15) is 10.4 Å². The molecular formula is C19H19N4O4S-. The van der Waals surface area contributed by atoms with Gasteiger partial charge in [-0.2, -0.15) is 0 Å². The molecule has 0 saturated heterocycles. The van der Waals surface area contributed by atoms with Crippen LogP contribution in [0.15, 0.2) is 32.8 Å². The molecule has 0 radical (unpaired) electrons. The second-order valence-corrected chi connectivity index (χ2v) is 8.04. The van der Waals surface area contributed by atoms with E-state index in [1.165, 1.54) is 25.6 Å². The summed E-state index contributed by atoms with van der Waals surface area (Å²) in [5.74, 6) is -0.957. The number of hydrogen-bond acceptors (Lipinski definition) is 7. The van der Waals surface area contributed by atoms with Gasteiger partial charge in [-0.05, 0) is 32.9 Å². The molecule has 0 spiro atoms. The number of thioether (sulfide) groups is 1. The van der Waals surface area contributed by atoms with Crippen molar-refractivity contribution in [1.82, 2.24) is 19.1 Å². The van der Waals surface area contributed by atoms with Crippen LogP contribution < -0.4 is 16.4 Å². The van der Waals surface area contributed by atoms with Gasteiger partial charge < -0.3 is 9.90 Å². The maximum Gasteiger partial charge on any atom is 0.332 e. The molecule has 0 unspecified atom stereocenters. The van der Waals surface area contributed by atoms with Gasteiger partial charge in [0, 0.05) is 24.9 Å². The number of carboxylic acids is 1. The third-order valence-electron chi connectivity index (χ3n) is 4.37. The van der Waals surface area contributed by atoms with Crippen molar-refractivity contribution in [3.63, 3.8) is 0 Å². The zero-order valence-corrected chi connectivity index (χ0v) is 17.0. The molecule has 0 aliphatic heterocycles. The van der Waals surface area contributed by atoms with Crippen LogP contribution in [0.5, 0.6) is 0 Å². The lowest BCUT2D eigenvalue weighted by atomic mass is 10.1. The van der Waals surface area contributed by atoms with Crippen LogP contribution in [0.3, 0.4) is 0 Å². The van der Waals surface area contributed by atoms with Gasteiger partial charge in [0.25, 0.3) is 5.56 Å². The maximum absolute atomic E-state index is 12.7. The van der Waals surface area contributed by atoms with Gasteiger partial charge >= 0.3 is 5.69 Å². The molecule has 0 saturated carbocycles. The summed E-state index contributed by atoms with van der Waals surface area (Å²) < 4.78 is 2.22. The molecule has 0 aliphatic carbocycles. The van der Waals surface area contributed by atoms with Crippen molar-refractivity contribution < 1.29 is 9.90 Å².